The molecule has 0 N–H and O–H groups in total. The molecule has 7 aromatic carbocycles. The zero-order chi connectivity index (χ0) is 37.1. The smallest absolute Gasteiger partial charge is 0.164 e. The lowest BCUT2D eigenvalue weighted by molar-refractivity contribution is 0.769. The molecule has 0 saturated heterocycles. The van der Waals surface area contributed by atoms with Crippen molar-refractivity contribution >= 4 is 27.5 Å². The molecule has 0 atom stereocenters. The summed E-state index contributed by atoms with van der Waals surface area (Å²) in [5.41, 5.74) is 13.4. The van der Waals surface area contributed by atoms with E-state index < -0.39 is 5.41 Å². The molecule has 0 amide bonds. The van der Waals surface area contributed by atoms with Crippen molar-refractivity contribution in [2.75, 3.05) is 0 Å². The normalized spacial score (nSPS) is 13.6. The maximum absolute atomic E-state index is 5.36. The van der Waals surface area contributed by atoms with Crippen molar-refractivity contribution in [3.8, 4) is 56.4 Å². The molecule has 0 aliphatic heterocycles. The van der Waals surface area contributed by atoms with Gasteiger partial charge in [0, 0.05) is 31.7 Å². The van der Waals surface area contributed by atoms with Gasteiger partial charge in [0.15, 0.2) is 17.5 Å². The van der Waals surface area contributed by atoms with Crippen LogP contribution in [0.1, 0.15) is 39.1 Å². The number of aromatic nitrogens is 3. The van der Waals surface area contributed by atoms with Crippen LogP contribution in [0.4, 0.5) is 0 Å². The van der Waals surface area contributed by atoms with E-state index in [0.717, 1.165) is 29.5 Å². The summed E-state index contributed by atoms with van der Waals surface area (Å²) in [5.74, 6) is 1.95. The minimum atomic E-state index is -0.594. The SMILES string of the molecule is C1=Cc2c(sc3cccc(-c4ccc(-c5nc(-c6ccccc6)nc(-c6cccc7c6C(c6ccccc6)(c6ccccc6)c6ccccc6-7)n5)cc4)c23)CC1. The Morgan fingerprint density at radius 2 is 1.00 bits per heavy atom. The molecular formula is C52H35N3S. The Morgan fingerprint density at radius 3 is 1.73 bits per heavy atom. The maximum Gasteiger partial charge on any atom is 0.164 e. The van der Waals surface area contributed by atoms with Gasteiger partial charge >= 0.3 is 0 Å². The topological polar surface area (TPSA) is 38.7 Å². The first kappa shape index (κ1) is 32.7. The lowest BCUT2D eigenvalue weighted by atomic mass is 9.66. The predicted molar refractivity (Wildman–Crippen MR) is 232 cm³/mol. The highest BCUT2D eigenvalue weighted by Gasteiger charge is 2.47. The molecule has 2 heterocycles. The van der Waals surface area contributed by atoms with Gasteiger partial charge in [0.05, 0.1) is 5.41 Å². The van der Waals surface area contributed by atoms with Crippen molar-refractivity contribution < 1.29 is 0 Å². The second-order valence-corrected chi connectivity index (χ2v) is 15.7. The van der Waals surface area contributed by atoms with Crippen molar-refractivity contribution in [2.45, 2.75) is 18.3 Å². The van der Waals surface area contributed by atoms with E-state index in [9.17, 15) is 0 Å². The number of allylic oxidation sites excluding steroid dienone is 1. The molecule has 56 heavy (non-hydrogen) atoms. The summed E-state index contributed by atoms with van der Waals surface area (Å²) in [6, 6.07) is 63.0. The quantitative estimate of drug-likeness (QED) is 0.171. The van der Waals surface area contributed by atoms with Crippen LogP contribution >= 0.6 is 11.3 Å². The van der Waals surface area contributed by atoms with E-state index in [-0.39, 0.29) is 0 Å². The van der Waals surface area contributed by atoms with Crippen LogP contribution in [-0.4, -0.2) is 15.0 Å². The molecule has 0 fully saturated rings. The number of thiophene rings is 1. The van der Waals surface area contributed by atoms with E-state index in [0.29, 0.717) is 17.5 Å². The summed E-state index contributed by atoms with van der Waals surface area (Å²) >= 11 is 1.93. The number of hydrogen-bond acceptors (Lipinski definition) is 4. The molecule has 3 nitrogen and oxygen atoms in total. The molecule has 0 spiro atoms. The van der Waals surface area contributed by atoms with Crippen molar-refractivity contribution in [2.24, 2.45) is 0 Å². The van der Waals surface area contributed by atoms with E-state index >= 15 is 0 Å². The second kappa shape index (κ2) is 13.2. The van der Waals surface area contributed by atoms with Gasteiger partial charge < -0.3 is 0 Å². The fourth-order valence-corrected chi connectivity index (χ4v) is 10.3. The Hall–Kier alpha value is -6.75. The Bertz CT molecular complexity index is 2910. The van der Waals surface area contributed by atoms with E-state index in [4.69, 9.17) is 15.0 Å². The van der Waals surface area contributed by atoms with Crippen LogP contribution in [0.2, 0.25) is 0 Å². The summed E-state index contributed by atoms with van der Waals surface area (Å²) in [6.07, 6.45) is 6.85. The Labute approximate surface area is 330 Å². The number of rotatable bonds is 6. The third-order valence-corrected chi connectivity index (χ3v) is 12.7. The molecule has 2 aliphatic carbocycles. The lowest BCUT2D eigenvalue weighted by Gasteiger charge is -2.35. The van der Waals surface area contributed by atoms with Gasteiger partial charge in [-0.15, -0.1) is 11.3 Å². The lowest BCUT2D eigenvalue weighted by Crippen LogP contribution is -2.29. The Morgan fingerprint density at radius 1 is 0.446 bits per heavy atom. The number of nitrogens with zero attached hydrogens (tertiary/aromatic N) is 3. The van der Waals surface area contributed by atoms with Crippen LogP contribution in [-0.2, 0) is 11.8 Å². The van der Waals surface area contributed by atoms with Gasteiger partial charge in [0.25, 0.3) is 0 Å². The Balaban J connectivity index is 1.12. The van der Waals surface area contributed by atoms with Crippen LogP contribution in [0.3, 0.4) is 0 Å². The predicted octanol–water partition coefficient (Wildman–Crippen LogP) is 13.1. The van der Waals surface area contributed by atoms with Gasteiger partial charge in [0.2, 0.25) is 0 Å². The van der Waals surface area contributed by atoms with Gasteiger partial charge in [-0.3, -0.25) is 0 Å². The zero-order valence-electron chi connectivity index (χ0n) is 30.6. The van der Waals surface area contributed by atoms with Gasteiger partial charge in [-0.05, 0) is 69.0 Å². The monoisotopic (exact) mass is 733 g/mol. The second-order valence-electron chi connectivity index (χ2n) is 14.6. The molecule has 0 unspecified atom stereocenters. The first-order valence-electron chi connectivity index (χ1n) is 19.3. The van der Waals surface area contributed by atoms with Gasteiger partial charge in [-0.25, -0.2) is 15.0 Å². The molecule has 11 rings (SSSR count). The summed E-state index contributed by atoms with van der Waals surface area (Å²) in [5, 5.41) is 1.35. The molecule has 0 saturated carbocycles. The molecule has 2 aromatic heterocycles. The molecule has 2 aliphatic rings. The van der Waals surface area contributed by atoms with Crippen molar-refractivity contribution in [3.63, 3.8) is 0 Å². The largest absolute Gasteiger partial charge is 0.208 e. The van der Waals surface area contributed by atoms with Crippen LogP contribution in [0.15, 0.2) is 182 Å². The van der Waals surface area contributed by atoms with E-state index in [1.165, 1.54) is 65.0 Å². The van der Waals surface area contributed by atoms with Crippen LogP contribution in [0, 0.1) is 0 Å². The number of fused-ring (bicyclic) bond motifs is 6. The molecule has 0 radical (unpaired) electrons. The molecule has 264 valence electrons. The van der Waals surface area contributed by atoms with Crippen molar-refractivity contribution in [1.82, 2.24) is 15.0 Å². The van der Waals surface area contributed by atoms with Gasteiger partial charge in [-0.2, -0.15) is 0 Å². The van der Waals surface area contributed by atoms with Gasteiger partial charge in [0.1, 0.15) is 0 Å². The first-order chi connectivity index (χ1) is 27.8. The minimum Gasteiger partial charge on any atom is -0.208 e. The standard InChI is InChI=1S/C52H35N3S/c1-4-16-35(17-5-1)49-53-50(36-32-30-34(31-33-36)39-24-15-29-46-47(39)42-23-11-13-28-45(42)56-46)55-51(54-49)43-26-14-25-41-40-22-10-12-27-44(40)52(48(41)43,37-18-6-2-7-19-37)38-20-8-3-9-21-38/h1-12,14-27,29-33H,13,28H2. The average Bonchev–Trinajstić information content (AvgIpc) is 3.82. The van der Waals surface area contributed by atoms with Crippen LogP contribution in [0.25, 0.3) is 72.6 Å². The van der Waals surface area contributed by atoms with Gasteiger partial charge in [-0.1, -0.05) is 182 Å². The third kappa shape index (κ3) is 5.07. The Kier molecular flexibility index (Phi) is 7.71. The highest BCUT2D eigenvalue weighted by molar-refractivity contribution is 7.19. The van der Waals surface area contributed by atoms with Crippen LogP contribution in [0.5, 0.6) is 0 Å². The minimum absolute atomic E-state index is 0.594. The van der Waals surface area contributed by atoms with E-state index in [1.807, 2.05) is 29.5 Å². The number of hydrogen-bond donors (Lipinski definition) is 0. The summed E-state index contributed by atoms with van der Waals surface area (Å²) < 4.78 is 1.34. The summed E-state index contributed by atoms with van der Waals surface area (Å²) in [4.78, 5) is 17.3. The fourth-order valence-electron chi connectivity index (χ4n) is 9.07. The van der Waals surface area contributed by atoms with Crippen molar-refractivity contribution in [1.29, 1.82) is 0 Å². The fraction of sp³-hybridized carbons (Fsp3) is 0.0577. The first-order valence-corrected chi connectivity index (χ1v) is 20.1. The van der Waals surface area contributed by atoms with E-state index in [1.54, 1.807) is 0 Å². The van der Waals surface area contributed by atoms with Crippen LogP contribution < -0.4 is 0 Å². The number of aryl methyl sites for hydroxylation is 1. The average molecular weight is 734 g/mol. The molecule has 4 heteroatoms. The number of benzene rings is 7. The third-order valence-electron chi connectivity index (χ3n) is 11.5. The zero-order valence-corrected chi connectivity index (χ0v) is 31.4. The maximum atomic E-state index is 5.36. The molecule has 9 aromatic rings. The highest BCUT2D eigenvalue weighted by Crippen LogP contribution is 2.58. The van der Waals surface area contributed by atoms with Crippen molar-refractivity contribution in [3.05, 3.63) is 215 Å². The van der Waals surface area contributed by atoms with E-state index in [2.05, 4.69) is 170 Å². The summed E-state index contributed by atoms with van der Waals surface area (Å²) in [7, 11) is 0. The summed E-state index contributed by atoms with van der Waals surface area (Å²) in [6.45, 7) is 0. The molecular weight excluding hydrogens is 699 g/mol. The highest BCUT2D eigenvalue weighted by atomic mass is 32.1. The molecule has 0 bridgehead atoms.